The Kier molecular flexibility index (Phi) is 8.43. The summed E-state index contributed by atoms with van der Waals surface area (Å²) in [6, 6.07) is 0. The summed E-state index contributed by atoms with van der Waals surface area (Å²) in [4.78, 5) is 12.0. The van der Waals surface area contributed by atoms with Gasteiger partial charge < -0.3 is 14.2 Å². The molecule has 1 rings (SSSR count). The minimum atomic E-state index is -0.263. The Morgan fingerprint density at radius 2 is 1.95 bits per heavy atom. The zero-order chi connectivity index (χ0) is 15.7. The molecule has 0 fully saturated rings. The zero-order valence-corrected chi connectivity index (χ0v) is 13.9. The van der Waals surface area contributed by atoms with E-state index in [1.807, 2.05) is 6.92 Å². The molecule has 1 heterocycles. The molecule has 0 aromatic heterocycles. The van der Waals surface area contributed by atoms with Crippen molar-refractivity contribution in [2.24, 2.45) is 5.92 Å². The van der Waals surface area contributed by atoms with Crippen molar-refractivity contribution < 1.29 is 19.0 Å². The Morgan fingerprint density at radius 3 is 2.57 bits per heavy atom. The van der Waals surface area contributed by atoms with Gasteiger partial charge in [-0.15, -0.1) is 0 Å². The van der Waals surface area contributed by atoms with Gasteiger partial charge in [0.15, 0.2) is 6.29 Å². The fourth-order valence-corrected chi connectivity index (χ4v) is 2.73. The predicted octanol–water partition coefficient (Wildman–Crippen LogP) is 4.19. The van der Waals surface area contributed by atoms with E-state index in [9.17, 15) is 4.79 Å². The van der Waals surface area contributed by atoms with Crippen LogP contribution in [-0.2, 0) is 19.0 Å². The summed E-state index contributed by atoms with van der Waals surface area (Å²) in [5.74, 6) is 0.585. The molecule has 21 heavy (non-hydrogen) atoms. The largest absolute Gasteiger partial charge is 0.469 e. The van der Waals surface area contributed by atoms with Crippen molar-refractivity contribution >= 4 is 5.97 Å². The molecule has 4 nitrogen and oxygen atoms in total. The smallest absolute Gasteiger partial charge is 0.337 e. The third-order valence-corrected chi connectivity index (χ3v) is 3.94. The third-order valence-electron chi connectivity index (χ3n) is 3.94. The highest BCUT2D eigenvalue weighted by molar-refractivity contribution is 5.89. The van der Waals surface area contributed by atoms with Gasteiger partial charge in [-0.25, -0.2) is 4.79 Å². The molecule has 2 atom stereocenters. The lowest BCUT2D eigenvalue weighted by Gasteiger charge is -2.32. The van der Waals surface area contributed by atoms with Crippen LogP contribution in [-0.4, -0.2) is 26.0 Å². The Labute approximate surface area is 128 Å². The zero-order valence-electron chi connectivity index (χ0n) is 13.9. The Morgan fingerprint density at radius 1 is 1.24 bits per heavy atom. The van der Waals surface area contributed by atoms with Crippen molar-refractivity contribution in [3.05, 3.63) is 11.3 Å². The maximum Gasteiger partial charge on any atom is 0.337 e. The first-order chi connectivity index (χ1) is 10.1. The highest BCUT2D eigenvalue weighted by Crippen LogP contribution is 2.34. The maximum atomic E-state index is 12.0. The fourth-order valence-electron chi connectivity index (χ4n) is 2.73. The van der Waals surface area contributed by atoms with Gasteiger partial charge in [0.25, 0.3) is 0 Å². The van der Waals surface area contributed by atoms with Crippen LogP contribution in [0.25, 0.3) is 0 Å². The minimum absolute atomic E-state index is 0.185. The van der Waals surface area contributed by atoms with E-state index in [1.54, 1.807) is 0 Å². The number of unbranched alkanes of at least 4 members (excludes halogenated alkanes) is 3. The van der Waals surface area contributed by atoms with Gasteiger partial charge in [-0.3, -0.25) is 0 Å². The van der Waals surface area contributed by atoms with Crippen molar-refractivity contribution in [3.63, 3.8) is 0 Å². The van der Waals surface area contributed by atoms with Gasteiger partial charge in [0.1, 0.15) is 5.76 Å². The average Bonchev–Trinajstić information content (AvgIpc) is 2.47. The van der Waals surface area contributed by atoms with Crippen LogP contribution in [0.15, 0.2) is 11.3 Å². The molecule has 0 bridgehead atoms. The molecule has 0 aromatic carbocycles. The lowest BCUT2D eigenvalue weighted by Crippen LogP contribution is -2.31. The molecule has 0 N–H and O–H groups in total. The standard InChI is InChI=1S/C17H30O4/c1-5-7-9-10-14-12-15(20-11-8-6-2)21-13(3)16(14)17(18)19-4/h14-15H,5-12H2,1-4H3/t14-,15-/m1/s1. The second-order valence-electron chi connectivity index (χ2n) is 5.66. The molecule has 0 aromatic rings. The average molecular weight is 298 g/mol. The SMILES string of the molecule is CCCCC[C@@H]1C[C@H](OCCCC)OC(C)=C1C(=O)OC. The van der Waals surface area contributed by atoms with Gasteiger partial charge in [-0.2, -0.15) is 0 Å². The second-order valence-corrected chi connectivity index (χ2v) is 5.66. The van der Waals surface area contributed by atoms with Crippen molar-refractivity contribution in [1.82, 2.24) is 0 Å². The number of carbonyl (C=O) groups is 1. The molecular weight excluding hydrogens is 268 g/mol. The van der Waals surface area contributed by atoms with Gasteiger partial charge in [-0.05, 0) is 19.8 Å². The van der Waals surface area contributed by atoms with E-state index in [-0.39, 0.29) is 18.2 Å². The summed E-state index contributed by atoms with van der Waals surface area (Å²) < 4.78 is 16.5. The summed E-state index contributed by atoms with van der Waals surface area (Å²) in [5, 5.41) is 0. The molecule has 1 aliphatic rings. The normalized spacial score (nSPS) is 22.1. The number of allylic oxidation sites excluding steroid dienone is 1. The summed E-state index contributed by atoms with van der Waals surface area (Å²) in [6.07, 6.45) is 7.14. The van der Waals surface area contributed by atoms with Gasteiger partial charge in [0.05, 0.1) is 19.3 Å². The fraction of sp³-hybridized carbons (Fsp3) is 0.824. The summed E-state index contributed by atoms with van der Waals surface area (Å²) in [7, 11) is 1.43. The van der Waals surface area contributed by atoms with Gasteiger partial charge in [0.2, 0.25) is 0 Å². The quantitative estimate of drug-likeness (QED) is 0.473. The van der Waals surface area contributed by atoms with Crippen LogP contribution in [0.1, 0.15) is 65.7 Å². The highest BCUT2D eigenvalue weighted by Gasteiger charge is 2.33. The molecule has 0 unspecified atom stereocenters. The van der Waals surface area contributed by atoms with Gasteiger partial charge in [-0.1, -0.05) is 39.5 Å². The Hall–Kier alpha value is -1.03. The third kappa shape index (κ3) is 5.70. The molecule has 1 aliphatic heterocycles. The van der Waals surface area contributed by atoms with Crippen molar-refractivity contribution in [1.29, 1.82) is 0 Å². The number of ether oxygens (including phenoxy) is 3. The summed E-state index contributed by atoms with van der Waals surface area (Å²) in [5.41, 5.74) is 0.698. The molecule has 0 saturated carbocycles. The first-order valence-corrected chi connectivity index (χ1v) is 8.21. The van der Waals surface area contributed by atoms with Crippen LogP contribution in [0.2, 0.25) is 0 Å². The molecular formula is C17H30O4. The molecule has 0 aliphatic carbocycles. The maximum absolute atomic E-state index is 12.0. The van der Waals surface area contributed by atoms with Crippen LogP contribution in [0.3, 0.4) is 0 Å². The Balaban J connectivity index is 2.71. The first kappa shape index (κ1) is 18.0. The second kappa shape index (κ2) is 9.82. The number of methoxy groups -OCH3 is 1. The molecule has 4 heteroatoms. The van der Waals surface area contributed by atoms with Crippen LogP contribution in [0, 0.1) is 5.92 Å². The monoisotopic (exact) mass is 298 g/mol. The summed E-state index contributed by atoms with van der Waals surface area (Å²) in [6.45, 7) is 6.88. The molecule has 122 valence electrons. The van der Waals surface area contributed by atoms with Crippen molar-refractivity contribution in [2.45, 2.75) is 72.0 Å². The van der Waals surface area contributed by atoms with Crippen LogP contribution in [0.4, 0.5) is 0 Å². The number of rotatable bonds is 9. The number of hydrogen-bond acceptors (Lipinski definition) is 4. The van der Waals surface area contributed by atoms with E-state index >= 15 is 0 Å². The number of hydrogen-bond donors (Lipinski definition) is 0. The van der Waals surface area contributed by atoms with Crippen molar-refractivity contribution in [2.75, 3.05) is 13.7 Å². The Bertz CT molecular complexity index is 349. The summed E-state index contributed by atoms with van der Waals surface area (Å²) >= 11 is 0. The lowest BCUT2D eigenvalue weighted by molar-refractivity contribution is -0.148. The molecule has 0 saturated heterocycles. The van der Waals surface area contributed by atoms with Gasteiger partial charge in [0, 0.05) is 12.3 Å². The van der Waals surface area contributed by atoms with E-state index in [0.717, 1.165) is 32.1 Å². The van der Waals surface area contributed by atoms with E-state index in [0.29, 0.717) is 17.9 Å². The van der Waals surface area contributed by atoms with Gasteiger partial charge >= 0.3 is 5.97 Å². The van der Waals surface area contributed by atoms with Crippen LogP contribution < -0.4 is 0 Å². The molecule has 0 spiro atoms. The predicted molar refractivity (Wildman–Crippen MR) is 82.7 cm³/mol. The van der Waals surface area contributed by atoms with Crippen LogP contribution >= 0.6 is 0 Å². The van der Waals surface area contributed by atoms with E-state index in [4.69, 9.17) is 14.2 Å². The first-order valence-electron chi connectivity index (χ1n) is 8.21. The molecule has 0 radical (unpaired) electrons. The lowest BCUT2D eigenvalue weighted by atomic mass is 9.87. The highest BCUT2D eigenvalue weighted by atomic mass is 16.7. The number of esters is 1. The molecule has 0 amide bonds. The van der Waals surface area contributed by atoms with E-state index in [2.05, 4.69) is 13.8 Å². The van der Waals surface area contributed by atoms with E-state index in [1.165, 1.54) is 20.0 Å². The van der Waals surface area contributed by atoms with Crippen molar-refractivity contribution in [3.8, 4) is 0 Å². The number of carbonyl (C=O) groups excluding carboxylic acids is 1. The van der Waals surface area contributed by atoms with E-state index < -0.39 is 0 Å². The van der Waals surface area contributed by atoms with Crippen LogP contribution in [0.5, 0.6) is 0 Å². The topological polar surface area (TPSA) is 44.8 Å². The minimum Gasteiger partial charge on any atom is -0.469 e.